The Morgan fingerprint density at radius 1 is 1.24 bits per heavy atom. The van der Waals surface area contributed by atoms with E-state index < -0.39 is 0 Å². The molecule has 29 heavy (non-hydrogen) atoms. The van der Waals surface area contributed by atoms with Gasteiger partial charge in [-0.15, -0.1) is 0 Å². The van der Waals surface area contributed by atoms with Gasteiger partial charge in [-0.2, -0.15) is 0 Å². The molecule has 1 unspecified atom stereocenters. The average Bonchev–Trinajstić information content (AvgIpc) is 2.75. The third kappa shape index (κ3) is 4.96. The zero-order valence-corrected chi connectivity index (χ0v) is 17.2. The van der Waals surface area contributed by atoms with Gasteiger partial charge in [0.05, 0.1) is 12.2 Å². The smallest absolute Gasteiger partial charge is 0.253 e. The predicted molar refractivity (Wildman–Crippen MR) is 112 cm³/mol. The zero-order chi connectivity index (χ0) is 20.1. The summed E-state index contributed by atoms with van der Waals surface area (Å²) in [6, 6.07) is 11.7. The summed E-state index contributed by atoms with van der Waals surface area (Å²) in [5, 5.41) is 0. The van der Waals surface area contributed by atoms with Crippen LogP contribution in [0.3, 0.4) is 0 Å². The van der Waals surface area contributed by atoms with Crippen LogP contribution in [0.4, 0.5) is 0 Å². The fourth-order valence-corrected chi connectivity index (χ4v) is 4.58. The Balaban J connectivity index is 1.28. The van der Waals surface area contributed by atoms with Gasteiger partial charge in [0.2, 0.25) is 0 Å². The molecule has 0 saturated carbocycles. The number of carbonyl (C=O) groups is 1. The largest absolute Gasteiger partial charge is 0.493 e. The fraction of sp³-hybridized carbons (Fsp3) is 0.500. The number of rotatable bonds is 5. The molecule has 1 aromatic carbocycles. The molecule has 4 rings (SSSR count). The van der Waals surface area contributed by atoms with Gasteiger partial charge in [-0.1, -0.05) is 17.7 Å². The minimum atomic E-state index is -0.0665. The first-order valence-corrected chi connectivity index (χ1v) is 10.7. The van der Waals surface area contributed by atoms with E-state index in [1.807, 2.05) is 48.2 Å². The predicted octanol–water partition coefficient (Wildman–Crippen LogP) is 4.26. The third-order valence-electron chi connectivity index (χ3n) is 6.27. The maximum absolute atomic E-state index is 12.8. The summed E-state index contributed by atoms with van der Waals surface area (Å²) in [6.07, 6.45) is 8.56. The standard InChI is InChI=1S/C24H30N2O3/c1-19-3-2-4-21(17-19)23(27)26-13-9-24(10-14-26)18-20(8-16-29-24)7-15-28-22-5-11-25-12-6-22/h2-6,11-12,17,20H,7-10,13-16,18H2,1H3. The Kier molecular flexibility index (Phi) is 6.14. The van der Waals surface area contributed by atoms with E-state index in [0.717, 1.165) is 75.3 Å². The van der Waals surface area contributed by atoms with Gasteiger partial charge < -0.3 is 14.4 Å². The minimum Gasteiger partial charge on any atom is -0.493 e. The summed E-state index contributed by atoms with van der Waals surface area (Å²) >= 11 is 0. The fourth-order valence-electron chi connectivity index (χ4n) is 4.58. The second kappa shape index (κ2) is 8.95. The number of likely N-dealkylation sites (tertiary alicyclic amines) is 1. The Bertz CT molecular complexity index is 816. The van der Waals surface area contributed by atoms with Crippen molar-refractivity contribution in [2.45, 2.75) is 44.6 Å². The Morgan fingerprint density at radius 3 is 2.79 bits per heavy atom. The SMILES string of the molecule is Cc1cccc(C(=O)N2CCC3(CC2)CC(CCOc2ccncc2)CCO3)c1. The van der Waals surface area contributed by atoms with Gasteiger partial charge in [0.15, 0.2) is 0 Å². The molecule has 1 aromatic heterocycles. The molecule has 2 aliphatic heterocycles. The first-order valence-electron chi connectivity index (χ1n) is 10.7. The summed E-state index contributed by atoms with van der Waals surface area (Å²) in [4.78, 5) is 18.8. The van der Waals surface area contributed by atoms with Crippen molar-refractivity contribution in [1.29, 1.82) is 0 Å². The monoisotopic (exact) mass is 394 g/mol. The average molecular weight is 395 g/mol. The van der Waals surface area contributed by atoms with Crippen LogP contribution in [0, 0.1) is 12.8 Å². The van der Waals surface area contributed by atoms with Crippen LogP contribution in [0.5, 0.6) is 5.75 Å². The number of carbonyl (C=O) groups excluding carboxylic acids is 1. The lowest BCUT2D eigenvalue weighted by Gasteiger charge is -2.46. The minimum absolute atomic E-state index is 0.0665. The summed E-state index contributed by atoms with van der Waals surface area (Å²) in [5.74, 6) is 1.64. The summed E-state index contributed by atoms with van der Waals surface area (Å²) in [6.45, 7) is 5.10. The Labute approximate surface area is 173 Å². The van der Waals surface area contributed by atoms with Crippen LogP contribution in [0.1, 0.15) is 48.0 Å². The molecule has 1 atom stereocenters. The van der Waals surface area contributed by atoms with Crippen molar-refractivity contribution in [3.8, 4) is 5.75 Å². The van der Waals surface area contributed by atoms with Gasteiger partial charge in [-0.05, 0) is 69.2 Å². The lowest BCUT2D eigenvalue weighted by molar-refractivity contribution is -0.125. The number of aryl methyl sites for hydroxylation is 1. The topological polar surface area (TPSA) is 51.7 Å². The van der Waals surface area contributed by atoms with Crippen LogP contribution < -0.4 is 4.74 Å². The van der Waals surface area contributed by atoms with E-state index in [2.05, 4.69) is 4.98 Å². The molecule has 5 nitrogen and oxygen atoms in total. The van der Waals surface area contributed by atoms with Crippen molar-refractivity contribution in [1.82, 2.24) is 9.88 Å². The van der Waals surface area contributed by atoms with E-state index in [-0.39, 0.29) is 11.5 Å². The maximum atomic E-state index is 12.8. The number of piperidine rings is 1. The molecule has 0 bridgehead atoms. The molecule has 5 heteroatoms. The second-order valence-corrected chi connectivity index (χ2v) is 8.37. The van der Waals surface area contributed by atoms with Gasteiger partial charge in [0, 0.05) is 37.7 Å². The molecule has 0 N–H and O–H groups in total. The van der Waals surface area contributed by atoms with E-state index in [0.29, 0.717) is 5.92 Å². The normalized spacial score (nSPS) is 21.1. The van der Waals surface area contributed by atoms with Crippen molar-refractivity contribution in [2.75, 3.05) is 26.3 Å². The highest BCUT2D eigenvalue weighted by Crippen LogP contribution is 2.39. The quantitative estimate of drug-likeness (QED) is 0.760. The number of aromatic nitrogens is 1. The van der Waals surface area contributed by atoms with Crippen LogP contribution >= 0.6 is 0 Å². The highest BCUT2D eigenvalue weighted by molar-refractivity contribution is 5.94. The lowest BCUT2D eigenvalue weighted by Crippen LogP contribution is -2.50. The molecule has 1 amide bonds. The van der Waals surface area contributed by atoms with Gasteiger partial charge in [-0.25, -0.2) is 0 Å². The number of nitrogens with zero attached hydrogens (tertiary/aromatic N) is 2. The molecule has 2 aromatic rings. The number of amides is 1. The van der Waals surface area contributed by atoms with Gasteiger partial charge in [0.25, 0.3) is 5.91 Å². The van der Waals surface area contributed by atoms with E-state index in [1.165, 1.54) is 0 Å². The first-order chi connectivity index (χ1) is 14.1. The number of ether oxygens (including phenoxy) is 2. The summed E-state index contributed by atoms with van der Waals surface area (Å²) in [7, 11) is 0. The number of pyridine rings is 1. The van der Waals surface area contributed by atoms with Crippen LogP contribution in [0.2, 0.25) is 0 Å². The van der Waals surface area contributed by atoms with E-state index >= 15 is 0 Å². The van der Waals surface area contributed by atoms with Crippen molar-refractivity contribution in [3.05, 3.63) is 59.9 Å². The molecule has 0 radical (unpaired) electrons. The van der Waals surface area contributed by atoms with Gasteiger partial charge in [0.1, 0.15) is 5.75 Å². The number of hydrogen-bond acceptors (Lipinski definition) is 4. The highest BCUT2D eigenvalue weighted by Gasteiger charge is 2.41. The third-order valence-corrected chi connectivity index (χ3v) is 6.27. The second-order valence-electron chi connectivity index (χ2n) is 8.37. The molecule has 2 saturated heterocycles. The molecular weight excluding hydrogens is 364 g/mol. The van der Waals surface area contributed by atoms with Crippen LogP contribution in [-0.2, 0) is 4.74 Å². The summed E-state index contributed by atoms with van der Waals surface area (Å²) < 4.78 is 12.1. The van der Waals surface area contributed by atoms with E-state index in [9.17, 15) is 4.79 Å². The van der Waals surface area contributed by atoms with Crippen molar-refractivity contribution in [3.63, 3.8) is 0 Å². The van der Waals surface area contributed by atoms with E-state index in [1.54, 1.807) is 12.4 Å². The van der Waals surface area contributed by atoms with Crippen LogP contribution in [0.15, 0.2) is 48.8 Å². The van der Waals surface area contributed by atoms with E-state index in [4.69, 9.17) is 9.47 Å². The molecule has 1 spiro atoms. The molecule has 3 heterocycles. The van der Waals surface area contributed by atoms with Crippen molar-refractivity contribution >= 4 is 5.91 Å². The Morgan fingerprint density at radius 2 is 2.03 bits per heavy atom. The van der Waals surface area contributed by atoms with Crippen LogP contribution in [-0.4, -0.2) is 47.7 Å². The number of benzene rings is 1. The lowest BCUT2D eigenvalue weighted by atomic mass is 9.78. The van der Waals surface area contributed by atoms with Crippen molar-refractivity contribution < 1.29 is 14.3 Å². The maximum Gasteiger partial charge on any atom is 0.253 e. The first kappa shape index (κ1) is 19.9. The molecule has 2 aliphatic rings. The van der Waals surface area contributed by atoms with Gasteiger partial charge >= 0.3 is 0 Å². The van der Waals surface area contributed by atoms with Crippen molar-refractivity contribution in [2.24, 2.45) is 5.92 Å². The molecular formula is C24H30N2O3. The molecule has 154 valence electrons. The summed E-state index contributed by atoms with van der Waals surface area (Å²) in [5.41, 5.74) is 1.84. The highest BCUT2D eigenvalue weighted by atomic mass is 16.5. The molecule has 0 aliphatic carbocycles. The Hall–Kier alpha value is -2.40. The zero-order valence-electron chi connectivity index (χ0n) is 17.2. The molecule has 2 fully saturated rings. The number of hydrogen-bond donors (Lipinski definition) is 0. The van der Waals surface area contributed by atoms with Crippen LogP contribution in [0.25, 0.3) is 0 Å². The van der Waals surface area contributed by atoms with Gasteiger partial charge in [-0.3, -0.25) is 9.78 Å².